The number of nitrogens with one attached hydrogen (secondary N) is 2. The third-order valence-electron chi connectivity index (χ3n) is 4.30. The molecule has 23 heavy (non-hydrogen) atoms. The Morgan fingerprint density at radius 2 is 1.30 bits per heavy atom. The molecule has 0 aromatic carbocycles. The van der Waals surface area contributed by atoms with Crippen molar-refractivity contribution in [1.82, 2.24) is 10.6 Å². The first-order valence-corrected chi connectivity index (χ1v) is 12.1. The molecule has 5 heteroatoms. The second kappa shape index (κ2) is 12.1. The first-order valence-electron chi connectivity index (χ1n) is 8.95. The Morgan fingerprint density at radius 3 is 1.57 bits per heavy atom. The van der Waals surface area contributed by atoms with E-state index in [9.17, 15) is 9.59 Å². The van der Waals surface area contributed by atoms with Gasteiger partial charge in [-0.1, -0.05) is 26.7 Å². The molecule has 4 nitrogen and oxygen atoms in total. The van der Waals surface area contributed by atoms with Crippen molar-refractivity contribution in [2.24, 2.45) is 5.41 Å². The third kappa shape index (κ3) is 9.51. The van der Waals surface area contributed by atoms with E-state index in [1.807, 2.05) is 0 Å². The number of rotatable bonds is 6. The molecule has 1 rings (SSSR count). The summed E-state index contributed by atoms with van der Waals surface area (Å²) in [6.45, 7) is 7.58. The molecule has 0 heterocycles. The molecular weight excluding hydrogens is 324 g/mol. The van der Waals surface area contributed by atoms with Crippen molar-refractivity contribution in [3.05, 3.63) is 0 Å². The topological polar surface area (TPSA) is 58.2 Å². The van der Waals surface area contributed by atoms with Crippen molar-refractivity contribution in [3.8, 4) is 0 Å². The van der Waals surface area contributed by atoms with Crippen LogP contribution in [0.1, 0.15) is 72.6 Å². The Labute approximate surface area is 151 Å². The van der Waals surface area contributed by atoms with E-state index in [4.69, 9.17) is 0 Å². The fourth-order valence-electron chi connectivity index (χ4n) is 4.03. The summed E-state index contributed by atoms with van der Waals surface area (Å²) in [6.07, 6.45) is 7.60. The minimum atomic E-state index is 0.0281. The SMILES string of the molecule is CCCC1(CCC)CC(NC(C)=O)CC(NC(C)=O)C1.[CH3][Ti][CH3]. The number of carbonyl (C=O) groups is 2. The maximum atomic E-state index is 11.4. The van der Waals surface area contributed by atoms with Gasteiger partial charge < -0.3 is 10.6 Å². The van der Waals surface area contributed by atoms with E-state index >= 15 is 0 Å². The Bertz CT molecular complexity index is 329. The quantitative estimate of drug-likeness (QED) is 0.705. The summed E-state index contributed by atoms with van der Waals surface area (Å²) in [4.78, 5) is 22.7. The summed E-state index contributed by atoms with van der Waals surface area (Å²) in [5, 5.41) is 10.6. The van der Waals surface area contributed by atoms with Crippen molar-refractivity contribution >= 4 is 11.8 Å². The van der Waals surface area contributed by atoms with Gasteiger partial charge in [0.15, 0.2) is 0 Å². The molecular formula is C18H36N2O2Ti. The van der Waals surface area contributed by atoms with Crippen LogP contribution in [0.3, 0.4) is 0 Å². The summed E-state index contributed by atoms with van der Waals surface area (Å²) in [5.41, 5.74) is 0.266. The molecule has 134 valence electrons. The van der Waals surface area contributed by atoms with Gasteiger partial charge in [0, 0.05) is 25.9 Å². The normalized spacial score (nSPS) is 22.3. The predicted octanol–water partition coefficient (Wildman–Crippen LogP) is 3.93. The molecule has 2 unspecified atom stereocenters. The second-order valence-electron chi connectivity index (χ2n) is 6.94. The zero-order chi connectivity index (χ0) is 17.9. The van der Waals surface area contributed by atoms with Crippen LogP contribution in [0.15, 0.2) is 0 Å². The van der Waals surface area contributed by atoms with Crippen molar-refractivity contribution in [2.75, 3.05) is 0 Å². The molecule has 1 aliphatic rings. The second-order valence-corrected chi connectivity index (χ2v) is 8.50. The molecule has 0 bridgehead atoms. The van der Waals surface area contributed by atoms with Crippen molar-refractivity contribution in [3.63, 3.8) is 0 Å². The first-order chi connectivity index (χ1) is 10.8. The molecule has 1 fully saturated rings. The van der Waals surface area contributed by atoms with Gasteiger partial charge in [0.1, 0.15) is 0 Å². The van der Waals surface area contributed by atoms with E-state index in [1.165, 1.54) is 12.8 Å². The van der Waals surface area contributed by atoms with Crippen LogP contribution >= 0.6 is 0 Å². The van der Waals surface area contributed by atoms with Crippen molar-refractivity contribution in [2.45, 2.75) is 95.2 Å². The summed E-state index contributed by atoms with van der Waals surface area (Å²) in [5.74, 6) is 0.0562. The first kappa shape index (κ1) is 22.7. The van der Waals surface area contributed by atoms with Gasteiger partial charge in [-0.25, -0.2) is 0 Å². The molecule has 2 N–H and O–H groups in total. The molecule has 1 aliphatic carbocycles. The zero-order valence-electron chi connectivity index (χ0n) is 15.9. The predicted molar refractivity (Wildman–Crippen MR) is 93.0 cm³/mol. The van der Waals surface area contributed by atoms with Gasteiger partial charge in [-0.2, -0.15) is 0 Å². The fourth-order valence-corrected chi connectivity index (χ4v) is 4.03. The summed E-state index contributed by atoms with van der Waals surface area (Å²) >= 11 is 0.500. The van der Waals surface area contributed by atoms with Crippen LogP contribution in [-0.4, -0.2) is 23.9 Å². The monoisotopic (exact) mass is 360 g/mol. The van der Waals surface area contributed by atoms with Crippen LogP contribution in [0.5, 0.6) is 0 Å². The summed E-state index contributed by atoms with van der Waals surface area (Å²) in [7, 11) is 0. The fraction of sp³-hybridized carbons (Fsp3) is 0.889. The number of carbonyl (C=O) groups excluding carboxylic acids is 2. The van der Waals surface area contributed by atoms with Gasteiger partial charge in [-0.3, -0.25) is 9.59 Å². The summed E-state index contributed by atoms with van der Waals surface area (Å²) in [6, 6.07) is 0.382. The number of hydrogen-bond donors (Lipinski definition) is 2. The van der Waals surface area contributed by atoms with Crippen LogP contribution in [0.2, 0.25) is 10.5 Å². The van der Waals surface area contributed by atoms with Crippen LogP contribution < -0.4 is 10.6 Å². The third-order valence-corrected chi connectivity index (χ3v) is 4.30. The molecule has 0 spiro atoms. The molecule has 0 radical (unpaired) electrons. The van der Waals surface area contributed by atoms with E-state index in [1.54, 1.807) is 13.8 Å². The molecule has 2 atom stereocenters. The molecule has 0 aromatic heterocycles. The average molecular weight is 360 g/mol. The molecule has 2 amide bonds. The van der Waals surface area contributed by atoms with E-state index in [0.717, 1.165) is 32.1 Å². The van der Waals surface area contributed by atoms with Gasteiger partial charge in [-0.15, -0.1) is 0 Å². The van der Waals surface area contributed by atoms with Gasteiger partial charge in [0.05, 0.1) is 0 Å². The zero-order valence-corrected chi connectivity index (χ0v) is 17.5. The van der Waals surface area contributed by atoms with Crippen LogP contribution in [0, 0.1) is 5.41 Å². The van der Waals surface area contributed by atoms with Gasteiger partial charge in [-0.05, 0) is 37.5 Å². The Morgan fingerprint density at radius 1 is 0.957 bits per heavy atom. The summed E-state index contributed by atoms with van der Waals surface area (Å²) < 4.78 is 0. The maximum absolute atomic E-state index is 11.4. The van der Waals surface area contributed by atoms with Gasteiger partial charge in [0.2, 0.25) is 11.8 Å². The van der Waals surface area contributed by atoms with Gasteiger partial charge >= 0.3 is 29.6 Å². The van der Waals surface area contributed by atoms with E-state index in [0.29, 0.717) is 19.2 Å². The van der Waals surface area contributed by atoms with E-state index < -0.39 is 0 Å². The van der Waals surface area contributed by atoms with Crippen molar-refractivity contribution < 1.29 is 28.7 Å². The Hall–Kier alpha value is -0.346. The average Bonchev–Trinajstić information content (AvgIpc) is 2.37. The molecule has 0 saturated heterocycles. The van der Waals surface area contributed by atoms with Crippen LogP contribution in [0.25, 0.3) is 0 Å². The minimum absolute atomic E-state index is 0.0281. The standard InChI is InChI=1S/C16H30N2O2.2CH3.Ti/c1-5-7-16(8-6-2)10-14(17-12(3)19)9-15(11-16)18-13(4)20;;;/h14-15H,5-11H2,1-4H3,(H,17,19)(H,18,20);2*1H3;. The number of amides is 2. The van der Waals surface area contributed by atoms with Crippen LogP contribution in [0.4, 0.5) is 0 Å². The number of hydrogen-bond acceptors (Lipinski definition) is 2. The Balaban J connectivity index is 0.00000149. The molecule has 0 aliphatic heterocycles. The molecule has 0 aromatic rings. The van der Waals surface area contributed by atoms with Crippen molar-refractivity contribution in [1.29, 1.82) is 0 Å². The van der Waals surface area contributed by atoms with Gasteiger partial charge in [0.25, 0.3) is 0 Å². The molecule has 1 saturated carbocycles. The Kier molecular flexibility index (Phi) is 11.9. The van der Waals surface area contributed by atoms with E-state index in [-0.39, 0.29) is 29.3 Å². The van der Waals surface area contributed by atoms with Crippen LogP contribution in [-0.2, 0) is 28.7 Å². The van der Waals surface area contributed by atoms with E-state index in [2.05, 4.69) is 34.9 Å².